The number of carbonyl (C=O) groups excluding carboxylic acids is 1. The van der Waals surface area contributed by atoms with Crippen LogP contribution in [0.25, 0.3) is 21.9 Å². The summed E-state index contributed by atoms with van der Waals surface area (Å²) in [5.41, 5.74) is 6.05. The van der Waals surface area contributed by atoms with Crippen molar-refractivity contribution >= 4 is 16.7 Å². The van der Waals surface area contributed by atoms with E-state index in [1.54, 1.807) is 6.92 Å². The largest absolute Gasteiger partial charge is 0.462 e. The van der Waals surface area contributed by atoms with Gasteiger partial charge in [-0.25, -0.2) is 4.79 Å². The van der Waals surface area contributed by atoms with E-state index < -0.39 is 0 Å². The van der Waals surface area contributed by atoms with Crippen molar-refractivity contribution in [1.82, 2.24) is 0 Å². The van der Waals surface area contributed by atoms with E-state index in [2.05, 4.69) is 74.2 Å². The van der Waals surface area contributed by atoms with Crippen LogP contribution in [0.15, 0.2) is 72.8 Å². The number of ether oxygens (including phenoxy) is 1. The average molecular weight is 623 g/mol. The Kier molecular flexibility index (Phi) is 12.9. The van der Waals surface area contributed by atoms with Gasteiger partial charge in [0.2, 0.25) is 0 Å². The Balaban J connectivity index is 1.04. The molecule has 5 rings (SSSR count). The quantitative estimate of drug-likeness (QED) is 0.104. The van der Waals surface area contributed by atoms with E-state index >= 15 is 0 Å². The summed E-state index contributed by atoms with van der Waals surface area (Å²) in [5, 5.41) is 12.3. The number of carbonyl (C=O) groups is 1. The minimum atomic E-state index is -0.310. The summed E-state index contributed by atoms with van der Waals surface area (Å²) < 4.78 is 5.47. The number of aliphatic hydroxyl groups excluding tert-OH is 1. The average Bonchev–Trinajstić information content (AvgIpc) is 3.09. The molecule has 2 saturated carbocycles. The van der Waals surface area contributed by atoms with Gasteiger partial charge in [0, 0.05) is 12.2 Å². The zero-order valence-electron chi connectivity index (χ0n) is 28.7. The van der Waals surface area contributed by atoms with Gasteiger partial charge in [0.15, 0.2) is 0 Å². The minimum Gasteiger partial charge on any atom is -0.462 e. The summed E-state index contributed by atoms with van der Waals surface area (Å²) in [7, 11) is 0. The van der Waals surface area contributed by atoms with Crippen molar-refractivity contribution in [3.63, 3.8) is 0 Å². The number of unbranched alkanes of at least 4 members (excludes halogenated alkanes) is 2. The Labute approximate surface area is 278 Å². The number of fused-ring (bicyclic) bond motifs is 1. The summed E-state index contributed by atoms with van der Waals surface area (Å²) in [6.45, 7) is 8.21. The van der Waals surface area contributed by atoms with Crippen LogP contribution < -0.4 is 0 Å². The lowest BCUT2D eigenvalue weighted by molar-refractivity contribution is -0.141. The van der Waals surface area contributed by atoms with Crippen LogP contribution in [0.4, 0.5) is 0 Å². The molecule has 1 N–H and O–H groups in total. The van der Waals surface area contributed by atoms with Gasteiger partial charge in [-0.3, -0.25) is 0 Å². The Hall–Kier alpha value is -2.91. The van der Waals surface area contributed by atoms with Crippen LogP contribution in [-0.2, 0) is 16.0 Å². The molecular weight excluding hydrogens is 564 g/mol. The maximum absolute atomic E-state index is 11.9. The van der Waals surface area contributed by atoms with Crippen LogP contribution in [0.2, 0.25) is 0 Å². The Morgan fingerprint density at radius 3 is 2.11 bits per heavy atom. The van der Waals surface area contributed by atoms with Crippen molar-refractivity contribution in [3.05, 3.63) is 83.9 Å². The van der Waals surface area contributed by atoms with Crippen molar-refractivity contribution in [2.45, 2.75) is 116 Å². The van der Waals surface area contributed by atoms with Crippen LogP contribution in [0.3, 0.4) is 0 Å². The molecule has 2 aliphatic rings. The van der Waals surface area contributed by atoms with Crippen molar-refractivity contribution < 1.29 is 14.6 Å². The third kappa shape index (κ3) is 9.57. The first-order valence-electron chi connectivity index (χ1n) is 18.5. The molecule has 3 nitrogen and oxygen atoms in total. The molecule has 3 heteroatoms. The molecule has 46 heavy (non-hydrogen) atoms. The molecular formula is C43H58O3. The smallest absolute Gasteiger partial charge is 0.333 e. The number of rotatable bonds is 15. The van der Waals surface area contributed by atoms with Crippen molar-refractivity contribution in [3.8, 4) is 11.1 Å². The molecule has 0 radical (unpaired) electrons. The highest BCUT2D eigenvalue weighted by atomic mass is 16.5. The van der Waals surface area contributed by atoms with Crippen molar-refractivity contribution in [1.29, 1.82) is 0 Å². The number of benzene rings is 3. The van der Waals surface area contributed by atoms with E-state index in [1.807, 2.05) is 0 Å². The van der Waals surface area contributed by atoms with Gasteiger partial charge >= 0.3 is 5.97 Å². The molecule has 0 bridgehead atoms. The maximum Gasteiger partial charge on any atom is 0.333 e. The highest BCUT2D eigenvalue weighted by Crippen LogP contribution is 2.41. The lowest BCUT2D eigenvalue weighted by atomic mass is 9.72. The Morgan fingerprint density at radius 1 is 0.826 bits per heavy atom. The van der Waals surface area contributed by atoms with Crippen LogP contribution in [0.1, 0.15) is 121 Å². The van der Waals surface area contributed by atoms with Gasteiger partial charge in [-0.1, -0.05) is 107 Å². The molecule has 2 fully saturated rings. The van der Waals surface area contributed by atoms with Gasteiger partial charge in [-0.2, -0.15) is 0 Å². The fourth-order valence-corrected chi connectivity index (χ4v) is 8.29. The van der Waals surface area contributed by atoms with Gasteiger partial charge in [-0.05, 0) is 133 Å². The summed E-state index contributed by atoms with van der Waals surface area (Å²) in [6, 6.07) is 23.4. The predicted octanol–water partition coefficient (Wildman–Crippen LogP) is 11.2. The van der Waals surface area contributed by atoms with Crippen molar-refractivity contribution in [2.24, 2.45) is 23.7 Å². The zero-order chi connectivity index (χ0) is 32.3. The number of hydrogen-bond donors (Lipinski definition) is 1. The molecule has 0 aromatic heterocycles. The Morgan fingerprint density at radius 2 is 1.46 bits per heavy atom. The monoisotopic (exact) mass is 622 g/mol. The Bertz CT molecular complexity index is 1390. The van der Waals surface area contributed by atoms with Crippen LogP contribution >= 0.6 is 0 Å². The van der Waals surface area contributed by atoms with Crippen LogP contribution in [0, 0.1) is 23.7 Å². The minimum absolute atomic E-state index is 0.159. The highest BCUT2D eigenvalue weighted by Gasteiger charge is 2.29. The number of aryl methyl sites for hydroxylation is 1. The standard InChI is InChI=1S/C43H58O3/c1-4-5-6-7-34-14-19-41-29-40(25-24-39(41)28-34)37-22-20-36(21-23-37)35-15-10-32(11-16-35)8-9-33-12-17-38(18-13-33)42(26-27-44)30-46-43(45)31(2)3/h14,19-25,28-29,32-33,35,38,42,44H,2,4-13,15-18,26-27,30H2,1,3H3. The molecule has 2 aliphatic carbocycles. The van der Waals surface area contributed by atoms with E-state index in [0.29, 0.717) is 30.4 Å². The molecule has 0 amide bonds. The zero-order valence-corrected chi connectivity index (χ0v) is 28.7. The normalized spacial score (nSPS) is 22.4. The molecule has 0 heterocycles. The van der Waals surface area contributed by atoms with Gasteiger partial charge in [0.1, 0.15) is 0 Å². The lowest BCUT2D eigenvalue weighted by Gasteiger charge is -2.35. The first-order valence-corrected chi connectivity index (χ1v) is 18.5. The summed E-state index contributed by atoms with van der Waals surface area (Å²) in [5.74, 6) is 2.91. The number of hydrogen-bond acceptors (Lipinski definition) is 3. The van der Waals surface area contributed by atoms with E-state index in [9.17, 15) is 9.90 Å². The molecule has 1 atom stereocenters. The second kappa shape index (κ2) is 17.3. The highest BCUT2D eigenvalue weighted by molar-refractivity contribution is 5.88. The molecule has 0 spiro atoms. The van der Waals surface area contributed by atoms with E-state index in [-0.39, 0.29) is 18.5 Å². The second-order valence-electron chi connectivity index (χ2n) is 14.7. The molecule has 3 aromatic carbocycles. The van der Waals surface area contributed by atoms with Gasteiger partial charge in [0.25, 0.3) is 0 Å². The third-order valence-corrected chi connectivity index (χ3v) is 11.4. The first-order chi connectivity index (χ1) is 22.4. The SMILES string of the molecule is C=C(C)C(=O)OCC(CCO)C1CCC(CCC2CCC(c3ccc(-c4ccc5cc(CCCCC)ccc5c4)cc3)CC2)CC1. The number of esters is 1. The molecule has 0 aliphatic heterocycles. The molecule has 1 unspecified atom stereocenters. The number of aliphatic hydroxyl groups is 1. The van der Waals surface area contributed by atoms with Gasteiger partial charge in [0.05, 0.1) is 6.61 Å². The maximum atomic E-state index is 11.9. The fraction of sp³-hybridized carbons (Fsp3) is 0.558. The molecule has 3 aromatic rings. The summed E-state index contributed by atoms with van der Waals surface area (Å²) in [4.78, 5) is 11.9. The fourth-order valence-electron chi connectivity index (χ4n) is 8.29. The van der Waals surface area contributed by atoms with Crippen LogP contribution in [0.5, 0.6) is 0 Å². The first kappa shape index (κ1) is 34.4. The van der Waals surface area contributed by atoms with Gasteiger partial charge < -0.3 is 9.84 Å². The van der Waals surface area contributed by atoms with Gasteiger partial charge in [-0.15, -0.1) is 0 Å². The third-order valence-electron chi connectivity index (χ3n) is 11.4. The van der Waals surface area contributed by atoms with Crippen molar-refractivity contribution in [2.75, 3.05) is 13.2 Å². The summed E-state index contributed by atoms with van der Waals surface area (Å²) >= 11 is 0. The molecule has 248 valence electrons. The summed E-state index contributed by atoms with van der Waals surface area (Å²) in [6.07, 6.45) is 18.8. The second-order valence-corrected chi connectivity index (χ2v) is 14.7. The van der Waals surface area contributed by atoms with E-state index in [4.69, 9.17) is 4.74 Å². The lowest BCUT2D eigenvalue weighted by Crippen LogP contribution is -2.27. The molecule has 0 saturated heterocycles. The predicted molar refractivity (Wildman–Crippen MR) is 193 cm³/mol. The van der Waals surface area contributed by atoms with E-state index in [1.165, 1.54) is 123 Å². The van der Waals surface area contributed by atoms with E-state index in [0.717, 1.165) is 11.8 Å². The topological polar surface area (TPSA) is 46.5 Å². The van der Waals surface area contributed by atoms with Crippen LogP contribution in [-0.4, -0.2) is 24.3 Å².